The molecule has 0 bridgehead atoms. The smallest absolute Gasteiger partial charge is 0.434 e. The van der Waals surface area contributed by atoms with Crippen molar-refractivity contribution in [3.05, 3.63) is 18.0 Å². The molecule has 11 nitrogen and oxygen atoms in total. The molecule has 0 spiro atoms. The monoisotopic (exact) mass is 441 g/mol. The zero-order valence-corrected chi connectivity index (χ0v) is 16.0. The summed E-state index contributed by atoms with van der Waals surface area (Å²) in [6, 6.07) is 0.459. The number of morpholine rings is 1. The largest absolute Gasteiger partial charge is 0.447 e. The lowest BCUT2D eigenvalue weighted by molar-refractivity contribution is -0.140. The third-order valence-electron chi connectivity index (χ3n) is 4.77. The van der Waals surface area contributed by atoms with E-state index in [4.69, 9.17) is 15.2 Å². The van der Waals surface area contributed by atoms with E-state index in [2.05, 4.69) is 19.9 Å². The third kappa shape index (κ3) is 4.16. The summed E-state index contributed by atoms with van der Waals surface area (Å²) >= 11 is 0. The number of aliphatic hydroxyl groups excluding tert-OH is 1. The quantitative estimate of drug-likeness (QED) is 0.696. The fraction of sp³-hybridized carbons (Fsp3) is 0.471. The molecule has 2 aliphatic rings. The Bertz CT molecular complexity index is 985. The van der Waals surface area contributed by atoms with Gasteiger partial charge in [0.1, 0.15) is 12.4 Å². The van der Waals surface area contributed by atoms with Gasteiger partial charge in [-0.15, -0.1) is 0 Å². The van der Waals surface area contributed by atoms with Crippen molar-refractivity contribution in [2.24, 2.45) is 0 Å². The first-order valence-corrected chi connectivity index (χ1v) is 9.26. The normalized spacial score (nSPS) is 19.6. The Morgan fingerprint density at radius 1 is 1.23 bits per heavy atom. The molecule has 4 rings (SSSR count). The van der Waals surface area contributed by atoms with E-state index < -0.39 is 42.1 Å². The summed E-state index contributed by atoms with van der Waals surface area (Å²) in [5.74, 6) is -0.461. The zero-order chi connectivity index (χ0) is 22.2. The third-order valence-corrected chi connectivity index (χ3v) is 4.77. The van der Waals surface area contributed by atoms with E-state index in [1.165, 1.54) is 6.07 Å². The van der Waals surface area contributed by atoms with Gasteiger partial charge in [-0.3, -0.25) is 4.90 Å². The molecular weight excluding hydrogens is 423 g/mol. The number of hydrogen-bond donors (Lipinski definition) is 2. The SMILES string of the molecule is Nc1ncc(-c2cc(N3C(=O)OCC3CO)nc(N3CCOCC3)n2)c(C(F)(F)F)n1. The molecule has 0 saturated carbocycles. The lowest BCUT2D eigenvalue weighted by atomic mass is 10.1. The second kappa shape index (κ2) is 8.11. The number of cyclic esters (lactones) is 1. The highest BCUT2D eigenvalue weighted by atomic mass is 19.4. The van der Waals surface area contributed by atoms with Crippen molar-refractivity contribution in [1.82, 2.24) is 19.9 Å². The number of aliphatic hydroxyl groups is 1. The number of aromatic nitrogens is 4. The summed E-state index contributed by atoms with van der Waals surface area (Å²) in [5.41, 5.74) is 3.51. The number of carbonyl (C=O) groups excluding carboxylic acids is 1. The number of rotatable bonds is 4. The molecule has 2 aliphatic heterocycles. The van der Waals surface area contributed by atoms with Crippen molar-refractivity contribution in [1.29, 1.82) is 0 Å². The Kier molecular flexibility index (Phi) is 5.49. The number of nitrogen functional groups attached to an aromatic ring is 1. The van der Waals surface area contributed by atoms with Gasteiger partial charge >= 0.3 is 12.3 Å². The number of nitrogens with two attached hydrogens (primary N) is 1. The fourth-order valence-corrected chi connectivity index (χ4v) is 3.26. The van der Waals surface area contributed by atoms with Crippen LogP contribution in [0.25, 0.3) is 11.3 Å². The van der Waals surface area contributed by atoms with Gasteiger partial charge in [0.15, 0.2) is 5.69 Å². The average molecular weight is 441 g/mol. The van der Waals surface area contributed by atoms with Crippen LogP contribution in [0.3, 0.4) is 0 Å². The number of nitrogens with zero attached hydrogens (tertiary/aromatic N) is 6. The molecule has 4 heterocycles. The van der Waals surface area contributed by atoms with Crippen LogP contribution in [0.2, 0.25) is 0 Å². The topological polar surface area (TPSA) is 140 Å². The van der Waals surface area contributed by atoms with Crippen molar-refractivity contribution in [2.75, 3.05) is 55.1 Å². The van der Waals surface area contributed by atoms with E-state index in [0.29, 0.717) is 26.3 Å². The van der Waals surface area contributed by atoms with Gasteiger partial charge in [-0.1, -0.05) is 0 Å². The molecule has 0 aliphatic carbocycles. The number of carbonyl (C=O) groups is 1. The summed E-state index contributed by atoms with van der Waals surface area (Å²) in [6.07, 6.45) is -4.68. The van der Waals surface area contributed by atoms with Gasteiger partial charge < -0.3 is 25.2 Å². The van der Waals surface area contributed by atoms with Crippen molar-refractivity contribution in [2.45, 2.75) is 12.2 Å². The molecule has 166 valence electrons. The number of alkyl halides is 3. The molecule has 1 unspecified atom stereocenters. The molecule has 2 saturated heterocycles. The molecule has 3 N–H and O–H groups in total. The van der Waals surface area contributed by atoms with Gasteiger partial charge in [-0.25, -0.2) is 19.7 Å². The maximum atomic E-state index is 13.6. The average Bonchev–Trinajstić information content (AvgIpc) is 3.14. The van der Waals surface area contributed by atoms with Gasteiger partial charge in [0.05, 0.1) is 31.6 Å². The lowest BCUT2D eigenvalue weighted by Crippen LogP contribution is -2.39. The van der Waals surface area contributed by atoms with Crippen molar-refractivity contribution in [3.8, 4) is 11.3 Å². The van der Waals surface area contributed by atoms with Gasteiger partial charge in [0, 0.05) is 30.9 Å². The maximum absolute atomic E-state index is 13.6. The van der Waals surface area contributed by atoms with E-state index in [-0.39, 0.29) is 24.1 Å². The van der Waals surface area contributed by atoms with Crippen LogP contribution in [0, 0.1) is 0 Å². The molecule has 31 heavy (non-hydrogen) atoms. The Hall–Kier alpha value is -3.26. The molecule has 14 heteroatoms. The van der Waals surface area contributed by atoms with Crippen LogP contribution in [-0.4, -0.2) is 76.7 Å². The van der Waals surface area contributed by atoms with Gasteiger partial charge in [-0.2, -0.15) is 18.2 Å². The molecule has 1 amide bonds. The molecule has 0 radical (unpaired) electrons. The summed E-state index contributed by atoms with van der Waals surface area (Å²) in [6.45, 7) is 1.07. The molecule has 0 aromatic carbocycles. The summed E-state index contributed by atoms with van der Waals surface area (Å²) in [5, 5.41) is 9.57. The van der Waals surface area contributed by atoms with Crippen LogP contribution in [0.5, 0.6) is 0 Å². The highest BCUT2D eigenvalue weighted by molar-refractivity contribution is 5.90. The van der Waals surface area contributed by atoms with E-state index in [0.717, 1.165) is 11.1 Å². The summed E-state index contributed by atoms with van der Waals surface area (Å²) < 4.78 is 51.1. The first-order valence-electron chi connectivity index (χ1n) is 9.26. The van der Waals surface area contributed by atoms with Gasteiger partial charge in [0.2, 0.25) is 11.9 Å². The maximum Gasteiger partial charge on any atom is 0.434 e. The number of anilines is 3. The van der Waals surface area contributed by atoms with Crippen LogP contribution in [-0.2, 0) is 15.7 Å². The van der Waals surface area contributed by atoms with Gasteiger partial charge in [0.25, 0.3) is 0 Å². The molecule has 2 fully saturated rings. The van der Waals surface area contributed by atoms with Crippen LogP contribution in [0.1, 0.15) is 5.69 Å². The standard InChI is InChI=1S/C17H18F3N7O4/c18-17(19,20)13-10(6-22-14(21)25-13)11-5-12(27-9(7-28)8-31-16(27)29)24-15(23-11)26-1-3-30-4-2-26/h5-6,9,28H,1-4,7-8H2,(H2,21,22,25). The zero-order valence-electron chi connectivity index (χ0n) is 16.0. The number of hydrogen-bond acceptors (Lipinski definition) is 10. The van der Waals surface area contributed by atoms with Crippen LogP contribution in [0.15, 0.2) is 12.3 Å². The predicted octanol–water partition coefficient (Wildman–Crippen LogP) is 0.689. The lowest BCUT2D eigenvalue weighted by Gasteiger charge is -2.28. The van der Waals surface area contributed by atoms with Crippen LogP contribution in [0.4, 0.5) is 35.7 Å². The molecule has 2 aromatic heterocycles. The van der Waals surface area contributed by atoms with E-state index in [1.807, 2.05) is 0 Å². The number of halogens is 3. The molecule has 2 aromatic rings. The number of amides is 1. The van der Waals surface area contributed by atoms with E-state index in [9.17, 15) is 23.1 Å². The fourth-order valence-electron chi connectivity index (χ4n) is 3.26. The Balaban J connectivity index is 1.88. The van der Waals surface area contributed by atoms with Crippen molar-refractivity contribution in [3.63, 3.8) is 0 Å². The van der Waals surface area contributed by atoms with Crippen LogP contribution < -0.4 is 15.5 Å². The highest BCUT2D eigenvalue weighted by Gasteiger charge is 2.39. The molecule has 1 atom stereocenters. The molecular formula is C17H18F3N7O4. The van der Waals surface area contributed by atoms with Crippen molar-refractivity contribution >= 4 is 23.8 Å². The predicted molar refractivity (Wildman–Crippen MR) is 100 cm³/mol. The minimum atomic E-state index is -4.82. The van der Waals surface area contributed by atoms with Crippen molar-refractivity contribution < 1.29 is 32.5 Å². The second-order valence-corrected chi connectivity index (χ2v) is 6.78. The summed E-state index contributed by atoms with van der Waals surface area (Å²) in [4.78, 5) is 30.7. The minimum Gasteiger partial charge on any atom is -0.447 e. The Morgan fingerprint density at radius 2 is 1.97 bits per heavy atom. The minimum absolute atomic E-state index is 0.0157. The highest BCUT2D eigenvalue weighted by Crippen LogP contribution is 2.37. The first-order chi connectivity index (χ1) is 14.8. The Labute approximate surface area is 173 Å². The van der Waals surface area contributed by atoms with E-state index in [1.54, 1.807) is 4.90 Å². The van der Waals surface area contributed by atoms with Crippen LogP contribution >= 0.6 is 0 Å². The number of ether oxygens (including phenoxy) is 2. The van der Waals surface area contributed by atoms with E-state index >= 15 is 0 Å². The second-order valence-electron chi connectivity index (χ2n) is 6.78. The van der Waals surface area contributed by atoms with Gasteiger partial charge in [-0.05, 0) is 0 Å². The summed E-state index contributed by atoms with van der Waals surface area (Å²) in [7, 11) is 0. The Morgan fingerprint density at radius 3 is 2.65 bits per heavy atom. The first kappa shape index (κ1) is 21.0.